The van der Waals surface area contributed by atoms with Crippen molar-refractivity contribution in [2.24, 2.45) is 0 Å². The first-order valence-corrected chi connectivity index (χ1v) is 17.2. The van der Waals surface area contributed by atoms with Crippen LogP contribution in [0.2, 0.25) is 0 Å². The van der Waals surface area contributed by atoms with Crippen LogP contribution in [0.3, 0.4) is 0 Å². The summed E-state index contributed by atoms with van der Waals surface area (Å²) in [5.74, 6) is -8.89. The van der Waals surface area contributed by atoms with Gasteiger partial charge in [0, 0.05) is 60.5 Å². The van der Waals surface area contributed by atoms with Gasteiger partial charge >= 0.3 is 18.8 Å². The summed E-state index contributed by atoms with van der Waals surface area (Å²) in [5, 5.41) is 2.16. The van der Waals surface area contributed by atoms with Crippen molar-refractivity contribution in [3.63, 3.8) is 0 Å². The van der Waals surface area contributed by atoms with Gasteiger partial charge in [-0.05, 0) is 70.0 Å². The van der Waals surface area contributed by atoms with Gasteiger partial charge < -0.3 is 19.1 Å². The number of Topliss-reactive ketones (excluding diaryl/α,β-unsaturated/α-hetero) is 1. The van der Waals surface area contributed by atoms with Crippen LogP contribution in [-0.4, -0.2) is 58.5 Å². The molecular weight excluding hydrogens is 806 g/mol. The molecule has 4 rings (SSSR count). The van der Waals surface area contributed by atoms with Gasteiger partial charge in [0.25, 0.3) is 11.8 Å². The van der Waals surface area contributed by atoms with Crippen molar-refractivity contribution in [3.8, 4) is 22.8 Å². The molecule has 0 atom stereocenters. The van der Waals surface area contributed by atoms with E-state index >= 15 is 0 Å². The van der Waals surface area contributed by atoms with Gasteiger partial charge in [-0.2, -0.15) is 0 Å². The molecule has 0 N–H and O–H groups in total. The molecule has 19 heteroatoms. The second-order valence-corrected chi connectivity index (χ2v) is 14.2. The second-order valence-electron chi connectivity index (χ2n) is 12.7. The molecule has 1 aliphatic heterocycles. The Morgan fingerprint density at radius 2 is 1.29 bits per heavy atom. The van der Waals surface area contributed by atoms with Crippen molar-refractivity contribution in [1.29, 1.82) is 0 Å². The number of hydrogen-bond acceptors (Lipinski definition) is 7. The zero-order chi connectivity index (χ0) is 39.4. The Labute approximate surface area is 304 Å². The molecule has 1 fully saturated rings. The highest BCUT2D eigenvalue weighted by molar-refractivity contribution is 9.09. The fourth-order valence-corrected chi connectivity index (χ4v) is 6.04. The van der Waals surface area contributed by atoms with E-state index in [1.54, 1.807) is 31.1 Å². The number of nitrogens with zero attached hydrogens (tertiary/aromatic N) is 2. The zero-order valence-corrected chi connectivity index (χ0v) is 30.6. The van der Waals surface area contributed by atoms with Crippen LogP contribution in [0.4, 0.5) is 48.7 Å². The SMILES string of the molecule is CC(C)(C)OC(=O)N1CCC(c2nc(-c3cc(OC(F)(F)F)cc(C(C)(F)F)c3)cs2)CC1.CC(F)(F)c1cc(OC(F)(F)F)cc(C(=O)CBr)c1. The molecule has 2 heterocycles. The summed E-state index contributed by atoms with van der Waals surface area (Å²) < 4.78 is 141. The van der Waals surface area contributed by atoms with E-state index in [1.165, 1.54) is 11.3 Å². The van der Waals surface area contributed by atoms with Crippen molar-refractivity contribution < 1.29 is 67.7 Å². The first-order valence-electron chi connectivity index (χ1n) is 15.2. The fraction of sp³-hybridized carbons (Fsp3) is 0.485. The highest BCUT2D eigenvalue weighted by atomic mass is 79.9. The highest BCUT2D eigenvalue weighted by Gasteiger charge is 2.35. The summed E-state index contributed by atoms with van der Waals surface area (Å²) in [7, 11) is 0. The molecule has 0 unspecified atom stereocenters. The molecule has 0 spiro atoms. The van der Waals surface area contributed by atoms with E-state index < -0.39 is 58.6 Å². The minimum atomic E-state index is -5.02. The van der Waals surface area contributed by atoms with Gasteiger partial charge in [0.1, 0.15) is 17.1 Å². The molecule has 0 aliphatic carbocycles. The summed E-state index contributed by atoms with van der Waals surface area (Å²) in [6.07, 6.45) is -9.12. The van der Waals surface area contributed by atoms with E-state index in [-0.39, 0.29) is 28.5 Å². The lowest BCUT2D eigenvalue weighted by Crippen LogP contribution is -2.41. The third-order valence-corrected chi connectivity index (χ3v) is 8.57. The Morgan fingerprint density at radius 3 is 1.75 bits per heavy atom. The average molecular weight is 840 g/mol. The van der Waals surface area contributed by atoms with Crippen LogP contribution in [0.15, 0.2) is 41.8 Å². The summed E-state index contributed by atoms with van der Waals surface area (Å²) >= 11 is 4.12. The Bertz CT molecular complexity index is 1700. The number of aromatic nitrogens is 1. The molecule has 0 saturated carbocycles. The molecule has 52 heavy (non-hydrogen) atoms. The van der Waals surface area contributed by atoms with E-state index in [2.05, 4.69) is 30.4 Å². The van der Waals surface area contributed by atoms with Gasteiger partial charge in [-0.1, -0.05) is 15.9 Å². The molecule has 288 valence electrons. The molecule has 1 amide bonds. The minimum absolute atomic E-state index is 0.0455. The number of ketones is 1. The van der Waals surface area contributed by atoms with Gasteiger partial charge in [-0.15, -0.1) is 37.7 Å². The number of ether oxygens (including phenoxy) is 3. The van der Waals surface area contributed by atoms with Crippen LogP contribution in [0.5, 0.6) is 11.5 Å². The Kier molecular flexibility index (Phi) is 13.3. The van der Waals surface area contributed by atoms with Gasteiger partial charge in [0.2, 0.25) is 0 Å². The van der Waals surface area contributed by atoms with Crippen molar-refractivity contribution in [2.45, 2.75) is 83.5 Å². The summed E-state index contributed by atoms with van der Waals surface area (Å²) in [4.78, 5) is 29.7. The van der Waals surface area contributed by atoms with E-state index in [9.17, 15) is 53.5 Å². The van der Waals surface area contributed by atoms with Crippen molar-refractivity contribution in [1.82, 2.24) is 9.88 Å². The highest BCUT2D eigenvalue weighted by Crippen LogP contribution is 2.39. The Morgan fingerprint density at radius 1 is 0.788 bits per heavy atom. The summed E-state index contributed by atoms with van der Waals surface area (Å²) in [6.45, 7) is 7.47. The number of likely N-dealkylation sites (tertiary alicyclic amines) is 1. The van der Waals surface area contributed by atoms with Crippen LogP contribution in [0, 0.1) is 0 Å². The van der Waals surface area contributed by atoms with Crippen LogP contribution < -0.4 is 9.47 Å². The predicted octanol–water partition coefficient (Wildman–Crippen LogP) is 11.2. The molecular formula is C33H33BrF10N2O5S. The summed E-state index contributed by atoms with van der Waals surface area (Å²) in [6, 6.07) is 5.01. The number of halogens is 11. The lowest BCUT2D eigenvalue weighted by Gasteiger charge is -2.32. The third-order valence-electron chi connectivity index (χ3n) is 7.05. The minimum Gasteiger partial charge on any atom is -0.444 e. The largest absolute Gasteiger partial charge is 0.573 e. The first-order chi connectivity index (χ1) is 23.6. The number of carbonyl (C=O) groups is 2. The molecule has 1 saturated heterocycles. The lowest BCUT2D eigenvalue weighted by molar-refractivity contribution is -0.275. The zero-order valence-electron chi connectivity index (χ0n) is 28.2. The van der Waals surface area contributed by atoms with E-state index in [4.69, 9.17) is 4.74 Å². The van der Waals surface area contributed by atoms with Crippen molar-refractivity contribution in [2.75, 3.05) is 18.4 Å². The molecule has 1 aliphatic rings. The number of rotatable bonds is 8. The smallest absolute Gasteiger partial charge is 0.444 e. The van der Waals surface area contributed by atoms with E-state index in [1.807, 2.05) is 0 Å². The number of carbonyl (C=O) groups excluding carboxylic acids is 2. The molecule has 2 aromatic carbocycles. The maximum Gasteiger partial charge on any atom is 0.573 e. The van der Waals surface area contributed by atoms with Crippen molar-refractivity contribution in [3.05, 3.63) is 63.5 Å². The molecule has 7 nitrogen and oxygen atoms in total. The standard InChI is InChI=1S/C22H25F5N2O3S.C11H8BrF5O2/c1-20(2,3)32-19(30)29-7-5-13(6-8-29)18-28-17(12-33-18)14-9-15(21(4,23)24)11-16(10-14)31-22(25,26)27;1-10(13,14)7-2-6(9(18)5-12)3-8(4-7)19-11(15,16)17/h9-13H,5-8H2,1-4H3;2-4H,5H2,1H3. The first kappa shape index (κ1) is 42.8. The number of amides is 1. The predicted molar refractivity (Wildman–Crippen MR) is 174 cm³/mol. The Balaban J connectivity index is 0.000000326. The Hall–Kier alpha value is -3.61. The van der Waals surface area contributed by atoms with Gasteiger partial charge in [-0.25, -0.2) is 27.3 Å². The van der Waals surface area contributed by atoms with E-state index in [0.29, 0.717) is 57.6 Å². The van der Waals surface area contributed by atoms with Crippen molar-refractivity contribution >= 4 is 39.1 Å². The second kappa shape index (κ2) is 16.2. The van der Waals surface area contributed by atoms with Crippen LogP contribution in [0.1, 0.15) is 79.9 Å². The third kappa shape index (κ3) is 13.4. The lowest BCUT2D eigenvalue weighted by atomic mass is 9.97. The number of alkyl halides is 11. The molecule has 3 aromatic rings. The van der Waals surface area contributed by atoms with E-state index in [0.717, 1.165) is 29.3 Å². The van der Waals surface area contributed by atoms with Gasteiger partial charge in [-0.3, -0.25) is 4.79 Å². The maximum atomic E-state index is 13.9. The van der Waals surface area contributed by atoms with Crippen LogP contribution in [-0.2, 0) is 16.6 Å². The van der Waals surface area contributed by atoms with Gasteiger partial charge in [0.05, 0.1) is 16.0 Å². The van der Waals surface area contributed by atoms with Gasteiger partial charge in [0.15, 0.2) is 5.78 Å². The number of benzene rings is 2. The van der Waals surface area contributed by atoms with Crippen LogP contribution in [0.25, 0.3) is 11.3 Å². The molecule has 0 bridgehead atoms. The normalized spacial score (nSPS) is 14.7. The molecule has 0 radical (unpaired) electrons. The average Bonchev–Trinajstić information content (AvgIpc) is 3.48. The van der Waals surface area contributed by atoms with Crippen LogP contribution >= 0.6 is 27.3 Å². The number of hydrogen-bond donors (Lipinski definition) is 0. The molecule has 1 aromatic heterocycles. The number of thiazole rings is 1. The quantitative estimate of drug-likeness (QED) is 0.128. The topological polar surface area (TPSA) is 78.0 Å². The fourth-order valence-electron chi connectivity index (χ4n) is 4.72. The number of piperidine rings is 1. The monoisotopic (exact) mass is 838 g/mol. The maximum absolute atomic E-state index is 13.9. The summed E-state index contributed by atoms with van der Waals surface area (Å²) in [5.41, 5.74) is -1.78.